The van der Waals surface area contributed by atoms with Crippen LogP contribution in [-0.4, -0.2) is 64.2 Å². The van der Waals surface area contributed by atoms with Gasteiger partial charge in [-0.2, -0.15) is 0 Å². The fourth-order valence-electron chi connectivity index (χ4n) is 2.89. The number of ether oxygens (including phenoxy) is 1. The molecule has 2 rings (SSSR count). The zero-order chi connectivity index (χ0) is 15.1. The number of rotatable bonds is 7. The molecule has 1 aromatic carbocycles. The second-order valence-corrected chi connectivity index (χ2v) is 6.41. The molecular weight excluding hydrogens is 264 g/mol. The summed E-state index contributed by atoms with van der Waals surface area (Å²) in [5.74, 6) is 0.373. The third kappa shape index (κ3) is 5.75. The molecule has 1 aromatic rings. The molecule has 4 nitrogen and oxygen atoms in total. The van der Waals surface area contributed by atoms with E-state index in [0.29, 0.717) is 19.1 Å². The highest BCUT2D eigenvalue weighted by molar-refractivity contribution is 5.18. The minimum atomic E-state index is -0.346. The van der Waals surface area contributed by atoms with Crippen molar-refractivity contribution in [3.05, 3.63) is 35.9 Å². The number of benzene rings is 1. The number of aliphatic hydroxyl groups is 1. The van der Waals surface area contributed by atoms with E-state index >= 15 is 0 Å². The summed E-state index contributed by atoms with van der Waals surface area (Å²) in [5.41, 5.74) is 1.29. The first-order valence-electron chi connectivity index (χ1n) is 8.10. The van der Waals surface area contributed by atoms with Crippen LogP contribution in [0.5, 0.6) is 0 Å². The topological polar surface area (TPSA) is 38.3 Å². The van der Waals surface area contributed by atoms with Crippen LogP contribution in [0.2, 0.25) is 0 Å². The minimum Gasteiger partial charge on any atom is -0.385 e. The van der Waals surface area contributed by atoms with Gasteiger partial charge in [0.1, 0.15) is 38.8 Å². The Hall–Kier alpha value is -0.940. The van der Waals surface area contributed by atoms with Gasteiger partial charge in [0.2, 0.25) is 0 Å². The second-order valence-electron chi connectivity index (χ2n) is 6.41. The lowest BCUT2D eigenvalue weighted by atomic mass is 10.0. The van der Waals surface area contributed by atoms with Crippen molar-refractivity contribution >= 4 is 0 Å². The lowest BCUT2D eigenvalue weighted by Gasteiger charge is -2.28. The molecule has 1 fully saturated rings. The molecule has 0 bridgehead atoms. The molecule has 1 heterocycles. The number of piperazine rings is 1. The highest BCUT2D eigenvalue weighted by Gasteiger charge is 2.22. The van der Waals surface area contributed by atoms with Crippen LogP contribution in [0.4, 0.5) is 0 Å². The fourth-order valence-corrected chi connectivity index (χ4v) is 2.89. The van der Waals surface area contributed by atoms with E-state index in [1.54, 1.807) is 4.90 Å². The van der Waals surface area contributed by atoms with E-state index in [4.69, 9.17) is 4.74 Å². The average molecular weight is 294 g/mol. The maximum atomic E-state index is 10.1. The fraction of sp³-hybridized carbons (Fsp3) is 0.647. The van der Waals surface area contributed by atoms with Crippen molar-refractivity contribution in [2.45, 2.75) is 18.9 Å². The van der Waals surface area contributed by atoms with Crippen molar-refractivity contribution in [1.82, 2.24) is 0 Å². The largest absolute Gasteiger partial charge is 0.385 e. The Bertz CT molecular complexity index is 391. The molecule has 0 amide bonds. The Morgan fingerprint density at radius 1 is 1.10 bits per heavy atom. The van der Waals surface area contributed by atoms with Gasteiger partial charge in [-0.3, -0.25) is 0 Å². The molecule has 4 heteroatoms. The molecule has 1 saturated heterocycles. The molecule has 0 aromatic heterocycles. The smallest absolute Gasteiger partial charge is 0.127 e. The van der Waals surface area contributed by atoms with Gasteiger partial charge in [-0.15, -0.1) is 0 Å². The van der Waals surface area contributed by atoms with Crippen molar-refractivity contribution in [3.8, 4) is 0 Å². The van der Waals surface area contributed by atoms with Crippen molar-refractivity contribution in [1.29, 1.82) is 0 Å². The summed E-state index contributed by atoms with van der Waals surface area (Å²) in [6, 6.07) is 10.4. The maximum absolute atomic E-state index is 10.1. The second kappa shape index (κ2) is 8.49. The van der Waals surface area contributed by atoms with Crippen molar-refractivity contribution in [2.24, 2.45) is 0 Å². The molecular formula is C17H30N2O2+2. The van der Waals surface area contributed by atoms with Crippen LogP contribution in [0.15, 0.2) is 30.3 Å². The molecule has 1 aliphatic rings. The number of quaternary nitrogens is 2. The van der Waals surface area contributed by atoms with Crippen LogP contribution in [0.1, 0.15) is 18.4 Å². The molecule has 1 aliphatic heterocycles. The van der Waals surface area contributed by atoms with Crippen molar-refractivity contribution < 1.29 is 19.6 Å². The normalized spacial score (nSPS) is 25.5. The third-order valence-electron chi connectivity index (χ3n) is 4.38. The Kier molecular flexibility index (Phi) is 6.64. The highest BCUT2D eigenvalue weighted by Crippen LogP contribution is 2.14. The summed E-state index contributed by atoms with van der Waals surface area (Å²) >= 11 is 0. The predicted octanol–water partition coefficient (Wildman–Crippen LogP) is -1.42. The lowest BCUT2D eigenvalue weighted by molar-refractivity contribution is -1.00. The van der Waals surface area contributed by atoms with Gasteiger partial charge in [0, 0.05) is 5.92 Å². The van der Waals surface area contributed by atoms with Crippen molar-refractivity contribution in [2.75, 3.05) is 53.0 Å². The minimum absolute atomic E-state index is 0.346. The van der Waals surface area contributed by atoms with Gasteiger partial charge in [0.15, 0.2) is 0 Å². The third-order valence-corrected chi connectivity index (χ3v) is 4.38. The van der Waals surface area contributed by atoms with E-state index in [1.165, 1.54) is 23.6 Å². The summed E-state index contributed by atoms with van der Waals surface area (Å²) in [6.07, 6.45) is -0.346. The monoisotopic (exact) mass is 294 g/mol. The van der Waals surface area contributed by atoms with Crippen LogP contribution < -0.4 is 9.80 Å². The number of likely N-dealkylation sites (N-methyl/N-ethyl adjacent to an activating group) is 1. The van der Waals surface area contributed by atoms with Crippen molar-refractivity contribution in [3.63, 3.8) is 0 Å². The van der Waals surface area contributed by atoms with Gasteiger partial charge >= 0.3 is 0 Å². The number of hydrogen-bond acceptors (Lipinski definition) is 2. The number of aliphatic hydroxyl groups excluding tert-OH is 1. The quantitative estimate of drug-likeness (QED) is 0.578. The Morgan fingerprint density at radius 2 is 1.76 bits per heavy atom. The van der Waals surface area contributed by atoms with Gasteiger partial charge in [-0.1, -0.05) is 37.3 Å². The molecule has 0 aliphatic carbocycles. The van der Waals surface area contributed by atoms with Gasteiger partial charge < -0.3 is 19.6 Å². The van der Waals surface area contributed by atoms with E-state index in [9.17, 15) is 5.11 Å². The summed E-state index contributed by atoms with van der Waals surface area (Å²) in [6.45, 7) is 8.81. The van der Waals surface area contributed by atoms with Gasteiger partial charge in [-0.05, 0) is 5.56 Å². The molecule has 0 radical (unpaired) electrons. The predicted molar refractivity (Wildman–Crippen MR) is 83.9 cm³/mol. The summed E-state index contributed by atoms with van der Waals surface area (Å²) < 4.78 is 5.71. The molecule has 0 spiro atoms. The van der Waals surface area contributed by atoms with E-state index in [1.807, 2.05) is 6.07 Å². The first kappa shape index (κ1) is 16.4. The van der Waals surface area contributed by atoms with Crippen LogP contribution in [0.3, 0.4) is 0 Å². The van der Waals surface area contributed by atoms with Gasteiger partial charge in [-0.25, -0.2) is 0 Å². The SMILES string of the molecule is C[C@@H](COC[C@H](O)C[NH+]1CC[NH+](C)CC1)c1ccccc1. The van der Waals surface area contributed by atoms with E-state index in [-0.39, 0.29) is 6.10 Å². The Labute approximate surface area is 128 Å². The number of nitrogens with one attached hydrogen (secondary N) is 2. The molecule has 3 N–H and O–H groups in total. The zero-order valence-corrected chi connectivity index (χ0v) is 13.3. The Balaban J connectivity index is 1.62. The first-order chi connectivity index (χ1) is 10.1. The van der Waals surface area contributed by atoms with Crippen LogP contribution in [0.25, 0.3) is 0 Å². The average Bonchev–Trinajstić information content (AvgIpc) is 2.50. The number of hydrogen-bond donors (Lipinski definition) is 3. The zero-order valence-electron chi connectivity index (χ0n) is 13.3. The lowest BCUT2D eigenvalue weighted by Crippen LogP contribution is -3.27. The standard InChI is InChI=1S/C17H28N2O2/c1-15(16-6-4-3-5-7-16)13-21-14-17(20)12-19-10-8-18(2)9-11-19/h3-7,15,17,20H,8-14H2,1-2H3/p+2/t15-,17+/m0/s1. The van der Waals surface area contributed by atoms with Gasteiger partial charge in [0.05, 0.1) is 20.3 Å². The first-order valence-corrected chi connectivity index (χ1v) is 8.10. The van der Waals surface area contributed by atoms with Crippen LogP contribution in [-0.2, 0) is 4.74 Å². The summed E-state index contributed by atoms with van der Waals surface area (Å²) in [4.78, 5) is 3.11. The van der Waals surface area contributed by atoms with E-state index in [0.717, 1.165) is 19.6 Å². The van der Waals surface area contributed by atoms with E-state index in [2.05, 4.69) is 38.2 Å². The molecule has 118 valence electrons. The van der Waals surface area contributed by atoms with Crippen LogP contribution >= 0.6 is 0 Å². The summed E-state index contributed by atoms with van der Waals surface area (Å²) in [7, 11) is 2.24. The Morgan fingerprint density at radius 3 is 2.43 bits per heavy atom. The maximum Gasteiger partial charge on any atom is 0.127 e. The molecule has 21 heavy (non-hydrogen) atoms. The molecule has 2 atom stereocenters. The van der Waals surface area contributed by atoms with Gasteiger partial charge in [0.25, 0.3) is 0 Å². The molecule has 0 saturated carbocycles. The van der Waals surface area contributed by atoms with E-state index < -0.39 is 0 Å². The molecule has 0 unspecified atom stereocenters. The van der Waals surface area contributed by atoms with Crippen LogP contribution in [0, 0.1) is 0 Å². The highest BCUT2D eigenvalue weighted by atomic mass is 16.5. The summed E-state index contributed by atoms with van der Waals surface area (Å²) in [5, 5.41) is 10.1.